The van der Waals surface area contributed by atoms with Crippen LogP contribution >= 0.6 is 0 Å². The molecular weight excluding hydrogens is 516 g/mol. The van der Waals surface area contributed by atoms with Crippen LogP contribution in [0.15, 0.2) is 85.5 Å². The van der Waals surface area contributed by atoms with Crippen molar-refractivity contribution < 1.29 is 14.3 Å². The Bertz CT molecular complexity index is 1670. The number of ether oxygens (including phenoxy) is 2. The van der Waals surface area contributed by atoms with Gasteiger partial charge in [0.15, 0.2) is 0 Å². The molecule has 1 aliphatic carbocycles. The van der Waals surface area contributed by atoms with E-state index in [4.69, 9.17) is 9.47 Å². The van der Waals surface area contributed by atoms with Gasteiger partial charge in [-0.1, -0.05) is 42.5 Å². The molecule has 6 rings (SSSR count). The summed E-state index contributed by atoms with van der Waals surface area (Å²) in [7, 11) is 0. The van der Waals surface area contributed by atoms with Crippen LogP contribution in [-0.4, -0.2) is 32.0 Å². The first-order chi connectivity index (χ1) is 20.2. The van der Waals surface area contributed by atoms with E-state index >= 15 is 0 Å². The Morgan fingerprint density at radius 1 is 1.07 bits per heavy atom. The first kappa shape index (κ1) is 26.1. The average Bonchev–Trinajstić information content (AvgIpc) is 3.60. The van der Waals surface area contributed by atoms with Crippen molar-refractivity contribution in [1.29, 1.82) is 5.26 Å². The lowest BCUT2D eigenvalue weighted by atomic mass is 9.92. The first-order valence-corrected chi connectivity index (χ1v) is 13.8. The molecular formula is C32H30N6O3. The van der Waals surface area contributed by atoms with Crippen LogP contribution in [0.25, 0.3) is 22.2 Å². The van der Waals surface area contributed by atoms with Crippen LogP contribution in [0.5, 0.6) is 5.75 Å². The van der Waals surface area contributed by atoms with E-state index in [0.29, 0.717) is 23.9 Å². The fourth-order valence-corrected chi connectivity index (χ4v) is 5.16. The molecule has 2 aromatic heterocycles. The molecule has 9 heteroatoms. The number of nitrogens with zero attached hydrogens (tertiary/aromatic N) is 5. The molecule has 1 saturated carbocycles. The highest BCUT2D eigenvalue weighted by molar-refractivity contribution is 5.96. The number of hydrogen-bond acceptors (Lipinski definition) is 6. The van der Waals surface area contributed by atoms with Crippen LogP contribution in [-0.2, 0) is 17.9 Å². The molecule has 1 N–H and O–H groups in total. The van der Waals surface area contributed by atoms with Crippen molar-refractivity contribution in [2.24, 2.45) is 0 Å². The molecule has 0 bridgehead atoms. The van der Waals surface area contributed by atoms with Gasteiger partial charge in [-0.25, -0.2) is 9.78 Å². The van der Waals surface area contributed by atoms with Gasteiger partial charge in [-0.15, -0.1) is 0 Å². The zero-order chi connectivity index (χ0) is 28.0. The number of amides is 1. The monoisotopic (exact) mass is 546 g/mol. The Morgan fingerprint density at radius 2 is 1.90 bits per heavy atom. The Hall–Kier alpha value is -5.10. The molecule has 9 nitrogen and oxygen atoms in total. The van der Waals surface area contributed by atoms with Crippen molar-refractivity contribution >= 4 is 22.7 Å². The van der Waals surface area contributed by atoms with Crippen LogP contribution in [0.4, 0.5) is 10.5 Å². The molecule has 206 valence electrons. The number of rotatable bonds is 10. The molecule has 1 amide bonds. The number of aromatic nitrogens is 4. The third-order valence-electron chi connectivity index (χ3n) is 7.41. The highest BCUT2D eigenvalue weighted by Gasteiger charge is 2.28. The van der Waals surface area contributed by atoms with E-state index in [1.165, 1.54) is 12.7 Å². The fraction of sp³-hybridized carbons (Fsp3) is 0.250. The Morgan fingerprint density at radius 3 is 2.61 bits per heavy atom. The van der Waals surface area contributed by atoms with Crippen LogP contribution in [0, 0.1) is 11.3 Å². The molecule has 3 aromatic carbocycles. The maximum Gasteiger partial charge on any atom is 0.411 e. The van der Waals surface area contributed by atoms with E-state index < -0.39 is 6.09 Å². The van der Waals surface area contributed by atoms with Crippen molar-refractivity contribution in [2.75, 3.05) is 11.9 Å². The van der Waals surface area contributed by atoms with Gasteiger partial charge in [0.25, 0.3) is 0 Å². The minimum atomic E-state index is -0.517. The van der Waals surface area contributed by atoms with Gasteiger partial charge in [-0.2, -0.15) is 10.4 Å². The van der Waals surface area contributed by atoms with Crippen LogP contribution < -0.4 is 10.1 Å². The molecule has 0 saturated heterocycles. The molecule has 41 heavy (non-hydrogen) atoms. The van der Waals surface area contributed by atoms with E-state index in [0.717, 1.165) is 59.3 Å². The smallest absolute Gasteiger partial charge is 0.411 e. The number of carbonyl (C=O) groups excluding carboxylic acids is 1. The molecule has 2 heterocycles. The third-order valence-corrected chi connectivity index (χ3v) is 7.41. The van der Waals surface area contributed by atoms with Crippen LogP contribution in [0.3, 0.4) is 0 Å². The van der Waals surface area contributed by atoms with Crippen molar-refractivity contribution in [2.45, 2.75) is 44.9 Å². The second-order valence-corrected chi connectivity index (χ2v) is 10.1. The predicted molar refractivity (Wildman–Crippen MR) is 155 cm³/mol. The fourth-order valence-electron chi connectivity index (χ4n) is 5.16. The Kier molecular flexibility index (Phi) is 7.63. The van der Waals surface area contributed by atoms with Crippen molar-refractivity contribution in [3.8, 4) is 23.1 Å². The molecule has 1 aliphatic rings. The third kappa shape index (κ3) is 5.77. The van der Waals surface area contributed by atoms with Gasteiger partial charge in [0.2, 0.25) is 0 Å². The van der Waals surface area contributed by atoms with Crippen LogP contribution in [0.2, 0.25) is 0 Å². The molecule has 0 atom stereocenters. The average molecular weight is 547 g/mol. The summed E-state index contributed by atoms with van der Waals surface area (Å²) in [5.41, 5.74) is 5.02. The second kappa shape index (κ2) is 12.0. The van der Waals surface area contributed by atoms with Gasteiger partial charge in [-0.05, 0) is 60.7 Å². The highest BCUT2D eigenvalue weighted by Crippen LogP contribution is 2.43. The number of nitrogens with one attached hydrogen (secondary N) is 1. The normalized spacial score (nSPS) is 13.0. The molecule has 5 aromatic rings. The summed E-state index contributed by atoms with van der Waals surface area (Å²) in [4.78, 5) is 16.3. The van der Waals surface area contributed by atoms with Crippen LogP contribution in [0.1, 0.15) is 42.9 Å². The summed E-state index contributed by atoms with van der Waals surface area (Å²) in [6.45, 7) is 1.46. The topological polar surface area (TPSA) is 107 Å². The zero-order valence-electron chi connectivity index (χ0n) is 22.6. The van der Waals surface area contributed by atoms with Crippen molar-refractivity contribution in [3.63, 3.8) is 0 Å². The minimum Gasteiger partial charge on any atom is -0.494 e. The van der Waals surface area contributed by atoms with Crippen molar-refractivity contribution in [1.82, 2.24) is 19.3 Å². The molecule has 0 unspecified atom stereocenters. The number of benzene rings is 3. The summed E-state index contributed by atoms with van der Waals surface area (Å²) >= 11 is 0. The van der Waals surface area contributed by atoms with E-state index in [1.54, 1.807) is 11.0 Å². The highest BCUT2D eigenvalue weighted by atomic mass is 16.5. The summed E-state index contributed by atoms with van der Waals surface area (Å²) in [6, 6.07) is 25.9. The van der Waals surface area contributed by atoms with Gasteiger partial charge in [-0.3, -0.25) is 10.00 Å². The quantitative estimate of drug-likeness (QED) is 0.195. The summed E-state index contributed by atoms with van der Waals surface area (Å²) in [5.74, 6) is 0.735. The predicted octanol–water partition coefficient (Wildman–Crippen LogP) is 6.71. The summed E-state index contributed by atoms with van der Waals surface area (Å²) in [6.07, 6.45) is 6.82. The SMILES string of the molecule is N#Cc1c(-c2ccc(NC(=O)OCc3ccccc3)cc2)n(C2CCC2)c2ccc(OCCCn3cncn3)cc12. The lowest BCUT2D eigenvalue weighted by Gasteiger charge is -2.30. The number of fused-ring (bicyclic) bond motifs is 1. The number of nitriles is 1. The molecule has 0 aliphatic heterocycles. The van der Waals surface area contributed by atoms with Gasteiger partial charge >= 0.3 is 6.09 Å². The Balaban J connectivity index is 1.21. The maximum atomic E-state index is 12.3. The number of aryl methyl sites for hydroxylation is 1. The largest absolute Gasteiger partial charge is 0.494 e. The van der Waals surface area contributed by atoms with E-state index in [-0.39, 0.29) is 6.61 Å². The van der Waals surface area contributed by atoms with Gasteiger partial charge in [0.1, 0.15) is 31.1 Å². The first-order valence-electron chi connectivity index (χ1n) is 13.8. The maximum absolute atomic E-state index is 12.3. The van der Waals surface area contributed by atoms with E-state index in [2.05, 4.69) is 32.1 Å². The molecule has 0 radical (unpaired) electrons. The number of carbonyl (C=O) groups is 1. The number of hydrogen-bond donors (Lipinski definition) is 1. The zero-order valence-corrected chi connectivity index (χ0v) is 22.6. The second-order valence-electron chi connectivity index (χ2n) is 10.1. The lowest BCUT2D eigenvalue weighted by molar-refractivity contribution is 0.155. The lowest BCUT2D eigenvalue weighted by Crippen LogP contribution is -2.18. The number of anilines is 1. The Labute approximate surface area is 238 Å². The van der Waals surface area contributed by atoms with Gasteiger partial charge in [0.05, 0.1) is 23.4 Å². The standard InChI is InChI=1S/C32H30N6O3/c33-19-29-28-18-27(40-17-5-16-37-22-34-21-35-37)14-15-30(28)38(26-8-4-9-26)31(29)24-10-12-25(13-11-24)36-32(39)41-20-23-6-2-1-3-7-23/h1-3,6-7,10-15,18,21-22,26H,4-5,8-9,16-17,20H2,(H,36,39). The van der Waals surface area contributed by atoms with E-state index in [1.807, 2.05) is 66.7 Å². The van der Waals surface area contributed by atoms with Gasteiger partial charge in [0, 0.05) is 30.1 Å². The van der Waals surface area contributed by atoms with Gasteiger partial charge < -0.3 is 14.0 Å². The summed E-state index contributed by atoms with van der Waals surface area (Å²) < 4.78 is 15.5. The summed E-state index contributed by atoms with van der Waals surface area (Å²) in [5, 5.41) is 18.1. The molecule has 0 spiro atoms. The minimum absolute atomic E-state index is 0.200. The molecule has 1 fully saturated rings. The van der Waals surface area contributed by atoms with Crippen molar-refractivity contribution in [3.05, 3.63) is 96.6 Å². The van der Waals surface area contributed by atoms with E-state index in [9.17, 15) is 10.1 Å².